The van der Waals surface area contributed by atoms with E-state index in [1.54, 1.807) is 0 Å². The van der Waals surface area contributed by atoms with E-state index in [0.717, 1.165) is 17.0 Å². The van der Waals surface area contributed by atoms with Gasteiger partial charge in [-0.15, -0.1) is 10.2 Å². The first kappa shape index (κ1) is 21.4. The lowest BCUT2D eigenvalue weighted by atomic mass is 10.2. The highest BCUT2D eigenvalue weighted by Gasteiger charge is 2.23. The van der Waals surface area contributed by atoms with Gasteiger partial charge in [-0.2, -0.15) is 0 Å². The molecule has 1 unspecified atom stereocenters. The number of hydrogen-bond acceptors (Lipinski definition) is 6. The monoisotopic (exact) mass is 438 g/mol. The lowest BCUT2D eigenvalue weighted by Crippen LogP contribution is -2.45. The zero-order chi connectivity index (χ0) is 21.6. The number of morpholine rings is 1. The molecule has 2 aromatic carbocycles. The quantitative estimate of drug-likeness (QED) is 0.526. The smallest absolute Gasteiger partial charge is 0.233 e. The Kier molecular flexibility index (Phi) is 6.89. The van der Waals surface area contributed by atoms with Crippen LogP contribution in [0.4, 0.5) is 0 Å². The number of carbonyl (C=O) groups is 1. The number of ether oxygens (including phenoxy) is 2. The summed E-state index contributed by atoms with van der Waals surface area (Å²) >= 11 is 1.39. The predicted molar refractivity (Wildman–Crippen MR) is 120 cm³/mol. The number of amides is 1. The van der Waals surface area contributed by atoms with E-state index >= 15 is 0 Å². The van der Waals surface area contributed by atoms with Gasteiger partial charge in [0.15, 0.2) is 11.0 Å². The Bertz CT molecular complexity index is 1020. The van der Waals surface area contributed by atoms with Crippen LogP contribution in [-0.4, -0.2) is 57.1 Å². The molecule has 0 saturated carbocycles. The van der Waals surface area contributed by atoms with E-state index in [2.05, 4.69) is 10.2 Å². The van der Waals surface area contributed by atoms with Crippen molar-refractivity contribution < 1.29 is 14.3 Å². The molecule has 1 fully saturated rings. The molecule has 4 rings (SSSR count). The van der Waals surface area contributed by atoms with E-state index in [-0.39, 0.29) is 18.6 Å². The molecule has 0 aliphatic carbocycles. The molecule has 1 aromatic heterocycles. The maximum Gasteiger partial charge on any atom is 0.233 e. The Balaban J connectivity index is 1.51. The van der Waals surface area contributed by atoms with E-state index < -0.39 is 0 Å². The summed E-state index contributed by atoms with van der Waals surface area (Å²) in [5.74, 6) is 1.89. The van der Waals surface area contributed by atoms with Gasteiger partial charge < -0.3 is 14.4 Å². The van der Waals surface area contributed by atoms with Crippen LogP contribution in [0.3, 0.4) is 0 Å². The number of carbonyl (C=O) groups excluding carboxylic acids is 1. The molecule has 3 aromatic rings. The van der Waals surface area contributed by atoms with Gasteiger partial charge in [0.1, 0.15) is 12.4 Å². The van der Waals surface area contributed by atoms with Crippen LogP contribution >= 0.6 is 11.8 Å². The predicted octanol–water partition coefficient (Wildman–Crippen LogP) is 3.49. The summed E-state index contributed by atoms with van der Waals surface area (Å²) < 4.78 is 13.5. The topological polar surface area (TPSA) is 69.5 Å². The van der Waals surface area contributed by atoms with Gasteiger partial charge in [-0.3, -0.25) is 9.36 Å². The SMILES string of the molecule is Cc1ccccc1OCc1nnc(SCC(=O)N2CCOC(C)C2)n1-c1ccccc1. The highest BCUT2D eigenvalue weighted by Crippen LogP contribution is 2.24. The van der Waals surface area contributed by atoms with E-state index in [0.29, 0.717) is 36.4 Å². The van der Waals surface area contributed by atoms with Gasteiger partial charge in [-0.05, 0) is 37.6 Å². The number of aryl methyl sites for hydroxylation is 1. The number of nitrogens with zero attached hydrogens (tertiary/aromatic N) is 4. The van der Waals surface area contributed by atoms with Crippen molar-refractivity contribution in [3.8, 4) is 11.4 Å². The summed E-state index contributed by atoms with van der Waals surface area (Å²) in [6.45, 7) is 6.11. The standard InChI is InChI=1S/C23H26N4O3S/c1-17-8-6-7-11-20(17)30-15-21-24-25-23(27(21)19-9-4-3-5-10-19)31-16-22(28)26-12-13-29-18(2)14-26/h3-11,18H,12-16H2,1-2H3. The van der Waals surface area contributed by atoms with Gasteiger partial charge >= 0.3 is 0 Å². The van der Waals surface area contributed by atoms with Crippen LogP contribution in [0.25, 0.3) is 5.69 Å². The van der Waals surface area contributed by atoms with Crippen LogP contribution < -0.4 is 4.74 Å². The van der Waals surface area contributed by atoms with Crippen LogP contribution in [0.15, 0.2) is 59.8 Å². The third kappa shape index (κ3) is 5.26. The number of para-hydroxylation sites is 2. The summed E-state index contributed by atoms with van der Waals surface area (Å²) in [6, 6.07) is 17.8. The van der Waals surface area contributed by atoms with Crippen molar-refractivity contribution in [2.75, 3.05) is 25.4 Å². The number of aromatic nitrogens is 3. The third-order valence-corrected chi connectivity index (χ3v) is 6.00. The molecule has 0 N–H and O–H groups in total. The summed E-state index contributed by atoms with van der Waals surface area (Å²) in [4.78, 5) is 14.5. The fourth-order valence-electron chi connectivity index (χ4n) is 3.45. The molecule has 162 valence electrons. The summed E-state index contributed by atoms with van der Waals surface area (Å²) in [5, 5.41) is 9.39. The molecule has 2 heterocycles. The minimum atomic E-state index is 0.0702. The number of thioether (sulfide) groups is 1. The molecule has 1 saturated heterocycles. The maximum absolute atomic E-state index is 12.7. The first-order chi connectivity index (χ1) is 15.1. The second kappa shape index (κ2) is 9.98. The molecule has 1 atom stereocenters. The minimum absolute atomic E-state index is 0.0702. The van der Waals surface area contributed by atoms with E-state index in [9.17, 15) is 4.79 Å². The van der Waals surface area contributed by atoms with Gasteiger partial charge in [0, 0.05) is 18.8 Å². The van der Waals surface area contributed by atoms with Gasteiger partial charge in [-0.1, -0.05) is 48.2 Å². The molecule has 1 amide bonds. The summed E-state index contributed by atoms with van der Waals surface area (Å²) in [6.07, 6.45) is 0.0702. The molecule has 8 heteroatoms. The third-order valence-electron chi connectivity index (χ3n) is 5.08. The molecule has 0 radical (unpaired) electrons. The highest BCUT2D eigenvalue weighted by molar-refractivity contribution is 7.99. The molecular weight excluding hydrogens is 412 g/mol. The molecule has 7 nitrogen and oxygen atoms in total. The van der Waals surface area contributed by atoms with Crippen LogP contribution in [0.1, 0.15) is 18.3 Å². The van der Waals surface area contributed by atoms with E-state index in [1.807, 2.05) is 77.9 Å². The molecule has 1 aliphatic rings. The molecule has 0 spiro atoms. The fraction of sp³-hybridized carbons (Fsp3) is 0.348. The summed E-state index contributed by atoms with van der Waals surface area (Å²) in [7, 11) is 0. The lowest BCUT2D eigenvalue weighted by molar-refractivity contribution is -0.135. The van der Waals surface area contributed by atoms with E-state index in [1.165, 1.54) is 11.8 Å². The molecule has 1 aliphatic heterocycles. The Labute approximate surface area is 186 Å². The second-order valence-corrected chi connectivity index (χ2v) is 8.38. The van der Waals surface area contributed by atoms with Crippen molar-refractivity contribution in [1.82, 2.24) is 19.7 Å². The normalized spacial score (nSPS) is 16.3. The van der Waals surface area contributed by atoms with Crippen molar-refractivity contribution in [1.29, 1.82) is 0 Å². The number of benzene rings is 2. The average molecular weight is 439 g/mol. The first-order valence-corrected chi connectivity index (χ1v) is 11.3. The Morgan fingerprint density at radius 1 is 1.16 bits per heavy atom. The van der Waals surface area contributed by atoms with Crippen molar-refractivity contribution in [3.05, 3.63) is 66.0 Å². The van der Waals surface area contributed by atoms with Crippen LogP contribution in [-0.2, 0) is 16.1 Å². The molecular formula is C23H26N4O3S. The summed E-state index contributed by atoms with van der Waals surface area (Å²) in [5.41, 5.74) is 2.00. The average Bonchev–Trinajstić information content (AvgIpc) is 3.20. The second-order valence-electron chi connectivity index (χ2n) is 7.43. The van der Waals surface area contributed by atoms with Crippen LogP contribution in [0.2, 0.25) is 0 Å². The number of hydrogen-bond donors (Lipinski definition) is 0. The largest absolute Gasteiger partial charge is 0.485 e. The van der Waals surface area contributed by atoms with Crippen LogP contribution in [0, 0.1) is 6.92 Å². The zero-order valence-electron chi connectivity index (χ0n) is 17.7. The van der Waals surface area contributed by atoms with Crippen molar-refractivity contribution in [3.63, 3.8) is 0 Å². The zero-order valence-corrected chi connectivity index (χ0v) is 18.5. The Morgan fingerprint density at radius 3 is 2.71 bits per heavy atom. The Morgan fingerprint density at radius 2 is 1.94 bits per heavy atom. The first-order valence-electron chi connectivity index (χ1n) is 10.3. The van der Waals surface area contributed by atoms with Gasteiger partial charge in [-0.25, -0.2) is 0 Å². The van der Waals surface area contributed by atoms with Gasteiger partial charge in [0.2, 0.25) is 5.91 Å². The molecule has 0 bridgehead atoms. The van der Waals surface area contributed by atoms with Crippen molar-refractivity contribution >= 4 is 17.7 Å². The maximum atomic E-state index is 12.7. The number of rotatable bonds is 7. The lowest BCUT2D eigenvalue weighted by Gasteiger charge is -2.31. The fourth-order valence-corrected chi connectivity index (χ4v) is 4.32. The Hall–Kier alpha value is -2.84. The van der Waals surface area contributed by atoms with Crippen molar-refractivity contribution in [2.45, 2.75) is 31.7 Å². The molecule has 31 heavy (non-hydrogen) atoms. The van der Waals surface area contributed by atoms with Gasteiger partial charge in [0.25, 0.3) is 0 Å². The van der Waals surface area contributed by atoms with Crippen molar-refractivity contribution in [2.24, 2.45) is 0 Å². The van der Waals surface area contributed by atoms with E-state index in [4.69, 9.17) is 9.47 Å². The minimum Gasteiger partial charge on any atom is -0.485 e. The van der Waals surface area contributed by atoms with Crippen LogP contribution in [0.5, 0.6) is 5.75 Å². The van der Waals surface area contributed by atoms with Gasteiger partial charge in [0.05, 0.1) is 18.5 Å². The highest BCUT2D eigenvalue weighted by atomic mass is 32.2.